The number of hydrogen-bond donors (Lipinski definition) is 0. The lowest BCUT2D eigenvalue weighted by atomic mass is 10.0. The number of fused-ring (bicyclic) bond motifs is 1. The van der Waals surface area contributed by atoms with E-state index >= 15 is 0 Å². The number of amides is 1. The molecule has 5 nitrogen and oxygen atoms in total. The third-order valence-corrected chi connectivity index (χ3v) is 8.93. The summed E-state index contributed by atoms with van der Waals surface area (Å²) in [4.78, 5) is 16.4. The third-order valence-electron chi connectivity index (χ3n) is 6.66. The van der Waals surface area contributed by atoms with Gasteiger partial charge in [0.15, 0.2) is 0 Å². The number of thioether (sulfide) groups is 1. The molecular formula is C25H32N2O3S2. The Hall–Kier alpha value is -1.99. The van der Waals surface area contributed by atoms with Gasteiger partial charge in [-0.25, -0.2) is 8.42 Å². The van der Waals surface area contributed by atoms with E-state index in [-0.39, 0.29) is 5.91 Å². The summed E-state index contributed by atoms with van der Waals surface area (Å²) >= 11 is 1.91. The molecule has 0 N–H and O–H groups in total. The summed E-state index contributed by atoms with van der Waals surface area (Å²) in [6, 6.07) is 13.3. The summed E-state index contributed by atoms with van der Waals surface area (Å²) in [5, 5.41) is 0. The van der Waals surface area contributed by atoms with Crippen LogP contribution in [0.2, 0.25) is 0 Å². The second-order valence-corrected chi connectivity index (χ2v) is 12.1. The first-order valence-electron chi connectivity index (χ1n) is 11.4. The van der Waals surface area contributed by atoms with Crippen molar-refractivity contribution in [3.63, 3.8) is 0 Å². The second kappa shape index (κ2) is 9.87. The van der Waals surface area contributed by atoms with Gasteiger partial charge in [0, 0.05) is 24.2 Å². The summed E-state index contributed by atoms with van der Waals surface area (Å²) < 4.78 is 25.3. The zero-order valence-electron chi connectivity index (χ0n) is 18.9. The molecule has 32 heavy (non-hydrogen) atoms. The molecule has 2 aromatic rings. The van der Waals surface area contributed by atoms with Crippen molar-refractivity contribution in [2.75, 3.05) is 34.8 Å². The van der Waals surface area contributed by atoms with Gasteiger partial charge in [-0.3, -0.25) is 9.10 Å². The fraction of sp³-hybridized carbons (Fsp3) is 0.480. The van der Waals surface area contributed by atoms with Gasteiger partial charge in [-0.15, -0.1) is 11.8 Å². The zero-order valence-corrected chi connectivity index (χ0v) is 20.6. The van der Waals surface area contributed by atoms with Crippen LogP contribution >= 0.6 is 11.8 Å². The first-order valence-corrected chi connectivity index (χ1v) is 14.3. The summed E-state index contributed by atoms with van der Waals surface area (Å²) in [5.41, 5.74) is 2.93. The smallest absolute Gasteiger partial charge is 0.260 e. The maximum absolute atomic E-state index is 13.4. The quantitative estimate of drug-likeness (QED) is 0.384. The van der Waals surface area contributed by atoms with Crippen LogP contribution in [-0.4, -0.2) is 39.9 Å². The van der Waals surface area contributed by atoms with Crippen molar-refractivity contribution >= 4 is 39.1 Å². The summed E-state index contributed by atoms with van der Waals surface area (Å²) in [7, 11) is -1.98. The fourth-order valence-electron chi connectivity index (χ4n) is 4.79. The van der Waals surface area contributed by atoms with E-state index in [1.54, 1.807) is 29.2 Å². The molecule has 0 spiro atoms. The van der Waals surface area contributed by atoms with E-state index in [1.165, 1.54) is 60.3 Å². The largest absolute Gasteiger partial charge is 0.308 e. The number of para-hydroxylation sites is 1. The average molecular weight is 473 g/mol. The summed E-state index contributed by atoms with van der Waals surface area (Å²) in [6.45, 7) is 0.612. The van der Waals surface area contributed by atoms with Crippen LogP contribution in [0.3, 0.4) is 0 Å². The maximum Gasteiger partial charge on any atom is 0.260 e. The SMILES string of the molecule is CN(c1ccccc1C(=O)N1CCc2cc(SCCCC3CCCC3)ccc21)S(C)(=O)=O. The molecule has 0 saturated heterocycles. The number of anilines is 2. The molecule has 0 bridgehead atoms. The summed E-state index contributed by atoms with van der Waals surface area (Å²) in [6.07, 6.45) is 10.2. The molecule has 172 valence electrons. The van der Waals surface area contributed by atoms with Crippen LogP contribution in [0, 0.1) is 5.92 Å². The first kappa shape index (κ1) is 23.2. The number of rotatable bonds is 8. The number of nitrogens with zero attached hydrogens (tertiary/aromatic N) is 2. The van der Waals surface area contributed by atoms with Crippen LogP contribution in [0.15, 0.2) is 47.4 Å². The van der Waals surface area contributed by atoms with Crippen molar-refractivity contribution in [1.29, 1.82) is 0 Å². The molecule has 0 unspecified atom stereocenters. The van der Waals surface area contributed by atoms with Gasteiger partial charge < -0.3 is 4.90 Å². The number of carbonyl (C=O) groups excluding carboxylic acids is 1. The highest BCUT2D eigenvalue weighted by molar-refractivity contribution is 7.99. The van der Waals surface area contributed by atoms with Gasteiger partial charge in [-0.05, 0) is 66.8 Å². The van der Waals surface area contributed by atoms with Crippen LogP contribution in [0.1, 0.15) is 54.4 Å². The van der Waals surface area contributed by atoms with Gasteiger partial charge in [-0.2, -0.15) is 0 Å². The van der Waals surface area contributed by atoms with Gasteiger partial charge in [0.2, 0.25) is 10.0 Å². The number of hydrogen-bond acceptors (Lipinski definition) is 4. The van der Waals surface area contributed by atoms with Crippen molar-refractivity contribution in [2.24, 2.45) is 5.92 Å². The molecule has 1 aliphatic carbocycles. The average Bonchev–Trinajstić information content (AvgIpc) is 3.44. The number of carbonyl (C=O) groups is 1. The molecule has 1 fully saturated rings. The van der Waals surface area contributed by atoms with Crippen molar-refractivity contribution in [3.05, 3.63) is 53.6 Å². The lowest BCUT2D eigenvalue weighted by Gasteiger charge is -2.23. The molecule has 4 rings (SSSR count). The Labute approximate surface area is 196 Å². The summed E-state index contributed by atoms with van der Waals surface area (Å²) in [5.74, 6) is 1.93. The molecular weight excluding hydrogens is 440 g/mol. The highest BCUT2D eigenvalue weighted by Crippen LogP contribution is 2.35. The highest BCUT2D eigenvalue weighted by atomic mass is 32.2. The Morgan fingerprint density at radius 1 is 1.16 bits per heavy atom. The predicted molar refractivity (Wildman–Crippen MR) is 133 cm³/mol. The molecule has 1 amide bonds. The van der Waals surface area contributed by atoms with Gasteiger partial charge >= 0.3 is 0 Å². The predicted octanol–water partition coefficient (Wildman–Crippen LogP) is 5.35. The van der Waals surface area contributed by atoms with E-state index in [1.807, 2.05) is 17.8 Å². The van der Waals surface area contributed by atoms with Crippen LogP contribution in [0.5, 0.6) is 0 Å². The van der Waals surface area contributed by atoms with E-state index in [9.17, 15) is 13.2 Å². The Kier molecular flexibility index (Phi) is 7.15. The molecule has 1 saturated carbocycles. The van der Waals surface area contributed by atoms with E-state index in [0.717, 1.165) is 30.0 Å². The molecule has 2 aliphatic rings. The molecule has 1 aliphatic heterocycles. The first-order chi connectivity index (χ1) is 15.3. The van der Waals surface area contributed by atoms with Crippen molar-refractivity contribution in [1.82, 2.24) is 0 Å². The minimum atomic E-state index is -3.46. The fourth-order valence-corrected chi connectivity index (χ4v) is 6.25. The minimum Gasteiger partial charge on any atom is -0.308 e. The molecule has 0 aromatic heterocycles. The molecule has 1 heterocycles. The Morgan fingerprint density at radius 3 is 2.66 bits per heavy atom. The maximum atomic E-state index is 13.4. The van der Waals surface area contributed by atoms with Gasteiger partial charge in [-0.1, -0.05) is 37.8 Å². The van der Waals surface area contributed by atoms with Gasteiger partial charge in [0.1, 0.15) is 0 Å². The Balaban J connectivity index is 1.44. The Bertz CT molecular complexity index is 1080. The van der Waals surface area contributed by atoms with E-state index < -0.39 is 10.0 Å². The van der Waals surface area contributed by atoms with E-state index in [4.69, 9.17) is 0 Å². The Morgan fingerprint density at radius 2 is 1.91 bits per heavy atom. The standard InChI is InChI=1S/C25H32N2O3S2/c1-26(32(2,29)30)24-12-6-5-11-22(24)25(28)27-16-15-20-18-21(13-14-23(20)27)31-17-7-10-19-8-3-4-9-19/h5-6,11-14,18-19H,3-4,7-10,15-17H2,1-2H3. The molecule has 0 radical (unpaired) electrons. The topological polar surface area (TPSA) is 57.7 Å². The normalized spacial score (nSPS) is 16.4. The van der Waals surface area contributed by atoms with Crippen LogP contribution in [0.4, 0.5) is 11.4 Å². The van der Waals surface area contributed by atoms with Crippen LogP contribution in [-0.2, 0) is 16.4 Å². The second-order valence-electron chi connectivity index (χ2n) is 8.89. The lowest BCUT2D eigenvalue weighted by molar-refractivity contribution is 0.0990. The monoisotopic (exact) mass is 472 g/mol. The number of benzene rings is 2. The number of sulfonamides is 1. The minimum absolute atomic E-state index is 0.160. The van der Waals surface area contributed by atoms with E-state index in [2.05, 4.69) is 12.1 Å². The van der Waals surface area contributed by atoms with E-state index in [0.29, 0.717) is 17.8 Å². The van der Waals surface area contributed by atoms with Crippen LogP contribution in [0.25, 0.3) is 0 Å². The van der Waals surface area contributed by atoms with Crippen LogP contribution < -0.4 is 9.21 Å². The lowest BCUT2D eigenvalue weighted by Crippen LogP contribution is -2.32. The third kappa shape index (κ3) is 5.15. The van der Waals surface area contributed by atoms with Crippen molar-refractivity contribution in [3.8, 4) is 0 Å². The molecule has 0 atom stereocenters. The molecule has 2 aromatic carbocycles. The highest BCUT2D eigenvalue weighted by Gasteiger charge is 2.29. The van der Waals surface area contributed by atoms with Gasteiger partial charge in [0.25, 0.3) is 5.91 Å². The van der Waals surface area contributed by atoms with Gasteiger partial charge in [0.05, 0.1) is 17.5 Å². The van der Waals surface area contributed by atoms with Crippen molar-refractivity contribution < 1.29 is 13.2 Å². The van der Waals surface area contributed by atoms with Crippen molar-refractivity contribution in [2.45, 2.75) is 49.8 Å². The zero-order chi connectivity index (χ0) is 22.7. The molecule has 7 heteroatoms.